The number of halogens is 1. The third kappa shape index (κ3) is 2.47. The van der Waals surface area contributed by atoms with Crippen molar-refractivity contribution in [1.82, 2.24) is 0 Å². The van der Waals surface area contributed by atoms with E-state index in [-0.39, 0.29) is 11.9 Å². The number of anilines is 1. The molecular formula is C15H13FN2S. The molecule has 2 nitrogen and oxygen atoms in total. The van der Waals surface area contributed by atoms with Crippen molar-refractivity contribution in [3.05, 3.63) is 51.5 Å². The van der Waals surface area contributed by atoms with Gasteiger partial charge in [-0.15, -0.1) is 11.3 Å². The lowest BCUT2D eigenvalue weighted by Crippen LogP contribution is -2.15. The van der Waals surface area contributed by atoms with Crippen molar-refractivity contribution in [1.29, 1.82) is 5.26 Å². The summed E-state index contributed by atoms with van der Waals surface area (Å²) >= 11 is 1.78. The highest BCUT2D eigenvalue weighted by Gasteiger charge is 2.21. The summed E-state index contributed by atoms with van der Waals surface area (Å²) in [5, 5.41) is 14.3. The molecule has 2 aromatic rings. The molecule has 0 amide bonds. The molecular weight excluding hydrogens is 259 g/mol. The molecule has 3 rings (SSSR count). The van der Waals surface area contributed by atoms with Gasteiger partial charge in [0.2, 0.25) is 0 Å². The zero-order valence-corrected chi connectivity index (χ0v) is 11.1. The number of fused-ring (bicyclic) bond motifs is 1. The molecule has 1 aliphatic carbocycles. The zero-order valence-electron chi connectivity index (χ0n) is 10.3. The fourth-order valence-corrected chi connectivity index (χ4v) is 3.56. The van der Waals surface area contributed by atoms with Crippen molar-refractivity contribution in [3.63, 3.8) is 0 Å². The topological polar surface area (TPSA) is 35.8 Å². The van der Waals surface area contributed by atoms with Crippen LogP contribution in [0.5, 0.6) is 0 Å². The van der Waals surface area contributed by atoms with Gasteiger partial charge in [-0.05, 0) is 54.5 Å². The van der Waals surface area contributed by atoms with Crippen LogP contribution in [0.4, 0.5) is 10.1 Å². The number of nitriles is 1. The lowest BCUT2D eigenvalue weighted by atomic mass is 9.94. The molecule has 0 fully saturated rings. The second-order valence-corrected chi connectivity index (χ2v) is 5.73. The molecule has 1 aromatic heterocycles. The van der Waals surface area contributed by atoms with Gasteiger partial charge in [-0.2, -0.15) is 5.26 Å². The van der Waals surface area contributed by atoms with Crippen molar-refractivity contribution in [2.45, 2.75) is 25.3 Å². The van der Waals surface area contributed by atoms with Crippen LogP contribution in [-0.2, 0) is 6.42 Å². The van der Waals surface area contributed by atoms with Crippen LogP contribution < -0.4 is 5.32 Å². The molecule has 0 aliphatic heterocycles. The minimum atomic E-state index is -0.372. The van der Waals surface area contributed by atoms with Gasteiger partial charge in [-0.1, -0.05) is 0 Å². The third-order valence-electron chi connectivity index (χ3n) is 3.42. The fraction of sp³-hybridized carbons (Fsp3) is 0.267. The summed E-state index contributed by atoms with van der Waals surface area (Å²) in [7, 11) is 0. The first-order valence-corrected chi connectivity index (χ1v) is 7.18. The largest absolute Gasteiger partial charge is 0.378 e. The second-order valence-electron chi connectivity index (χ2n) is 4.73. The molecule has 1 aliphatic rings. The van der Waals surface area contributed by atoms with Crippen LogP contribution in [0.15, 0.2) is 29.6 Å². The Morgan fingerprint density at radius 3 is 3.11 bits per heavy atom. The molecule has 0 radical (unpaired) electrons. The van der Waals surface area contributed by atoms with Gasteiger partial charge in [-0.25, -0.2) is 4.39 Å². The predicted molar refractivity (Wildman–Crippen MR) is 74.7 cm³/mol. The lowest BCUT2D eigenvalue weighted by Gasteiger charge is -2.24. The van der Waals surface area contributed by atoms with Crippen molar-refractivity contribution in [3.8, 4) is 6.07 Å². The number of aryl methyl sites for hydroxylation is 1. The Kier molecular flexibility index (Phi) is 3.22. The average molecular weight is 272 g/mol. The third-order valence-corrected chi connectivity index (χ3v) is 4.42. The summed E-state index contributed by atoms with van der Waals surface area (Å²) in [4.78, 5) is 1.42. The van der Waals surface area contributed by atoms with Crippen LogP contribution >= 0.6 is 11.3 Å². The van der Waals surface area contributed by atoms with Gasteiger partial charge in [0.15, 0.2) is 0 Å². The highest BCUT2D eigenvalue weighted by atomic mass is 32.1. The van der Waals surface area contributed by atoms with Crippen LogP contribution in [0.25, 0.3) is 0 Å². The smallest absolute Gasteiger partial charge is 0.126 e. The second kappa shape index (κ2) is 5.02. The molecule has 1 heterocycles. The minimum Gasteiger partial charge on any atom is -0.378 e. The normalized spacial score (nSPS) is 17.6. The molecule has 0 bridgehead atoms. The number of benzene rings is 1. The number of hydrogen-bond acceptors (Lipinski definition) is 3. The molecule has 0 saturated heterocycles. The van der Waals surface area contributed by atoms with Gasteiger partial charge >= 0.3 is 0 Å². The molecule has 1 N–H and O–H groups in total. The Morgan fingerprint density at radius 1 is 1.37 bits per heavy atom. The van der Waals surface area contributed by atoms with E-state index in [0.717, 1.165) is 19.3 Å². The Morgan fingerprint density at radius 2 is 2.26 bits per heavy atom. The van der Waals surface area contributed by atoms with E-state index >= 15 is 0 Å². The quantitative estimate of drug-likeness (QED) is 0.887. The molecule has 1 atom stereocenters. The number of thiophene rings is 1. The van der Waals surface area contributed by atoms with E-state index in [0.29, 0.717) is 11.3 Å². The summed E-state index contributed by atoms with van der Waals surface area (Å²) < 4.78 is 13.4. The monoisotopic (exact) mass is 272 g/mol. The fourth-order valence-electron chi connectivity index (χ4n) is 2.58. The number of nitrogens with zero attached hydrogens (tertiary/aromatic N) is 1. The predicted octanol–water partition coefficient (Wildman–Crippen LogP) is 4.25. The van der Waals surface area contributed by atoms with Crippen LogP contribution in [0.2, 0.25) is 0 Å². The maximum Gasteiger partial charge on any atom is 0.126 e. The van der Waals surface area contributed by atoms with Crippen molar-refractivity contribution in [2.75, 3.05) is 5.32 Å². The number of nitrogens with one attached hydrogen (secondary N) is 1. The summed E-state index contributed by atoms with van der Waals surface area (Å²) in [6.45, 7) is 0. The van der Waals surface area contributed by atoms with Crippen molar-refractivity contribution >= 4 is 17.0 Å². The van der Waals surface area contributed by atoms with Gasteiger partial charge in [-0.3, -0.25) is 0 Å². The van der Waals surface area contributed by atoms with E-state index in [1.807, 2.05) is 6.07 Å². The SMILES string of the molecule is N#Cc1cc(F)cc(NC2CCCc3sccc32)c1. The van der Waals surface area contributed by atoms with Gasteiger partial charge < -0.3 is 5.32 Å². The van der Waals surface area contributed by atoms with E-state index < -0.39 is 0 Å². The van der Waals surface area contributed by atoms with Crippen molar-refractivity contribution < 1.29 is 4.39 Å². The van der Waals surface area contributed by atoms with Gasteiger partial charge in [0.1, 0.15) is 5.82 Å². The van der Waals surface area contributed by atoms with E-state index in [4.69, 9.17) is 5.26 Å². The van der Waals surface area contributed by atoms with Crippen LogP contribution in [0.1, 0.15) is 34.9 Å². The van der Waals surface area contributed by atoms with Crippen LogP contribution in [0, 0.1) is 17.1 Å². The zero-order chi connectivity index (χ0) is 13.2. The first-order chi connectivity index (χ1) is 9.26. The Balaban J connectivity index is 1.87. The summed E-state index contributed by atoms with van der Waals surface area (Å²) in [6.07, 6.45) is 3.32. The van der Waals surface area contributed by atoms with Crippen LogP contribution in [0.3, 0.4) is 0 Å². The Hall–Kier alpha value is -1.86. The number of hydrogen-bond donors (Lipinski definition) is 1. The average Bonchev–Trinajstić information content (AvgIpc) is 2.87. The summed E-state index contributed by atoms with van der Waals surface area (Å²) in [5.74, 6) is -0.372. The van der Waals surface area contributed by atoms with E-state index in [2.05, 4.69) is 16.8 Å². The maximum atomic E-state index is 13.4. The molecule has 96 valence electrons. The minimum absolute atomic E-state index is 0.225. The molecule has 19 heavy (non-hydrogen) atoms. The maximum absolute atomic E-state index is 13.4. The summed E-state index contributed by atoms with van der Waals surface area (Å²) in [6, 6.07) is 8.74. The first-order valence-electron chi connectivity index (χ1n) is 6.30. The van der Waals surface area contributed by atoms with Gasteiger partial charge in [0.25, 0.3) is 0 Å². The molecule has 1 aromatic carbocycles. The Labute approximate surface area is 115 Å². The van der Waals surface area contributed by atoms with E-state index in [1.165, 1.54) is 22.6 Å². The van der Waals surface area contributed by atoms with Gasteiger partial charge in [0, 0.05) is 10.6 Å². The molecule has 0 spiro atoms. The van der Waals surface area contributed by atoms with Crippen LogP contribution in [-0.4, -0.2) is 0 Å². The molecule has 0 saturated carbocycles. The highest BCUT2D eigenvalue weighted by Crippen LogP contribution is 2.35. The summed E-state index contributed by atoms with van der Waals surface area (Å²) in [5.41, 5.74) is 2.35. The van der Waals surface area contributed by atoms with Crippen molar-refractivity contribution in [2.24, 2.45) is 0 Å². The van der Waals surface area contributed by atoms with Gasteiger partial charge in [0.05, 0.1) is 17.7 Å². The molecule has 1 unspecified atom stereocenters. The first kappa shape index (κ1) is 12.2. The standard InChI is InChI=1S/C15H13FN2S/c16-11-6-10(9-17)7-12(8-11)18-14-2-1-3-15-13(14)4-5-19-15/h4-8,14,18H,1-3H2. The highest BCUT2D eigenvalue weighted by molar-refractivity contribution is 7.10. The van der Waals surface area contributed by atoms with E-state index in [1.54, 1.807) is 17.4 Å². The Bertz CT molecular complexity index is 642. The molecule has 4 heteroatoms. The number of rotatable bonds is 2. The lowest BCUT2D eigenvalue weighted by molar-refractivity contribution is 0.605. The van der Waals surface area contributed by atoms with E-state index in [9.17, 15) is 4.39 Å².